The average Bonchev–Trinajstić information content (AvgIpc) is 2.81. The lowest BCUT2D eigenvalue weighted by molar-refractivity contribution is -0.138. The third-order valence-corrected chi connectivity index (χ3v) is 2.84. The number of benzene rings is 1. The van der Waals surface area contributed by atoms with Crippen molar-refractivity contribution in [1.82, 2.24) is 15.5 Å². The number of hydrogen-bond donors (Lipinski definition) is 2. The van der Waals surface area contributed by atoms with Crippen LogP contribution in [0.4, 0.5) is 13.2 Å². The number of carbonyl (C=O) groups is 1. The first kappa shape index (κ1) is 14.1. The molecule has 0 spiro atoms. The quantitative estimate of drug-likeness (QED) is 0.909. The summed E-state index contributed by atoms with van der Waals surface area (Å²) in [7, 11) is 0. The standard InChI is InChI=1S/C13H12F3N3O/c1-8-10(7-18-19-8)12(20)17-6-9-4-2-3-5-11(9)13(14,15)16/h2-5,7H,6H2,1H3,(H,17,20)(H,18,19). The second-order valence-corrected chi connectivity index (χ2v) is 4.25. The molecule has 0 bridgehead atoms. The molecule has 4 nitrogen and oxygen atoms in total. The second kappa shape index (κ2) is 5.36. The van der Waals surface area contributed by atoms with Crippen molar-refractivity contribution < 1.29 is 18.0 Å². The summed E-state index contributed by atoms with van der Waals surface area (Å²) in [6, 6.07) is 5.14. The van der Waals surface area contributed by atoms with Crippen molar-refractivity contribution in [3.8, 4) is 0 Å². The van der Waals surface area contributed by atoms with Gasteiger partial charge in [0.1, 0.15) is 0 Å². The number of nitrogens with one attached hydrogen (secondary N) is 2. The molecule has 2 rings (SSSR count). The predicted molar refractivity (Wildman–Crippen MR) is 65.9 cm³/mol. The maximum Gasteiger partial charge on any atom is 0.416 e. The number of aromatic amines is 1. The highest BCUT2D eigenvalue weighted by atomic mass is 19.4. The minimum Gasteiger partial charge on any atom is -0.348 e. The molecule has 0 saturated heterocycles. The zero-order chi connectivity index (χ0) is 14.8. The van der Waals surface area contributed by atoms with E-state index in [1.165, 1.54) is 24.4 Å². The topological polar surface area (TPSA) is 57.8 Å². The van der Waals surface area contributed by atoms with E-state index in [0.29, 0.717) is 11.3 Å². The summed E-state index contributed by atoms with van der Waals surface area (Å²) in [6.07, 6.45) is -3.10. The number of hydrogen-bond acceptors (Lipinski definition) is 2. The minimum atomic E-state index is -4.44. The molecule has 1 aromatic carbocycles. The van der Waals surface area contributed by atoms with E-state index in [2.05, 4.69) is 15.5 Å². The molecule has 2 aromatic rings. The van der Waals surface area contributed by atoms with E-state index in [-0.39, 0.29) is 12.1 Å². The summed E-state index contributed by atoms with van der Waals surface area (Å²) >= 11 is 0. The van der Waals surface area contributed by atoms with Crippen LogP contribution in [0.15, 0.2) is 30.5 Å². The molecule has 0 radical (unpaired) electrons. The van der Waals surface area contributed by atoms with Crippen LogP contribution in [-0.2, 0) is 12.7 Å². The molecule has 0 aliphatic heterocycles. The van der Waals surface area contributed by atoms with Crippen molar-refractivity contribution in [3.05, 3.63) is 52.8 Å². The van der Waals surface area contributed by atoms with Gasteiger partial charge in [0.05, 0.1) is 17.3 Å². The van der Waals surface area contributed by atoms with Gasteiger partial charge in [0, 0.05) is 12.2 Å². The first-order valence-electron chi connectivity index (χ1n) is 5.83. The first-order chi connectivity index (χ1) is 9.39. The molecule has 0 saturated carbocycles. The van der Waals surface area contributed by atoms with Crippen LogP contribution in [0, 0.1) is 6.92 Å². The molecular weight excluding hydrogens is 271 g/mol. The molecule has 0 aliphatic carbocycles. The zero-order valence-electron chi connectivity index (χ0n) is 10.6. The van der Waals surface area contributed by atoms with Gasteiger partial charge in [-0.25, -0.2) is 0 Å². The Morgan fingerprint density at radius 2 is 2.05 bits per heavy atom. The molecule has 0 atom stereocenters. The smallest absolute Gasteiger partial charge is 0.348 e. The molecule has 2 N–H and O–H groups in total. The van der Waals surface area contributed by atoms with Gasteiger partial charge >= 0.3 is 6.18 Å². The third kappa shape index (κ3) is 2.98. The summed E-state index contributed by atoms with van der Waals surface area (Å²) in [4.78, 5) is 11.8. The third-order valence-electron chi connectivity index (χ3n) is 2.84. The summed E-state index contributed by atoms with van der Waals surface area (Å²) in [5.41, 5.74) is 0.153. The first-order valence-corrected chi connectivity index (χ1v) is 5.83. The molecule has 1 heterocycles. The van der Waals surface area contributed by atoms with Crippen LogP contribution < -0.4 is 5.32 Å². The van der Waals surface area contributed by atoms with E-state index in [0.717, 1.165) is 6.07 Å². The van der Waals surface area contributed by atoms with E-state index >= 15 is 0 Å². The number of carbonyl (C=O) groups excluding carboxylic acids is 1. The molecule has 0 aliphatic rings. The van der Waals surface area contributed by atoms with Gasteiger partial charge in [-0.2, -0.15) is 18.3 Å². The maximum atomic E-state index is 12.8. The largest absolute Gasteiger partial charge is 0.416 e. The van der Waals surface area contributed by atoms with E-state index in [1.807, 2.05) is 0 Å². The summed E-state index contributed by atoms with van der Waals surface area (Å²) in [5.74, 6) is -0.465. The Labute approximate surface area is 113 Å². The predicted octanol–water partition coefficient (Wildman–Crippen LogP) is 2.67. The average molecular weight is 283 g/mol. The minimum absolute atomic E-state index is 0.0227. The van der Waals surface area contributed by atoms with Crippen molar-refractivity contribution in [1.29, 1.82) is 0 Å². The van der Waals surface area contributed by atoms with Gasteiger partial charge in [0.2, 0.25) is 0 Å². The number of aromatic nitrogens is 2. The molecule has 1 aromatic heterocycles. The molecule has 1 amide bonds. The van der Waals surface area contributed by atoms with Crippen LogP contribution in [0.2, 0.25) is 0 Å². The molecule has 7 heteroatoms. The van der Waals surface area contributed by atoms with E-state index in [9.17, 15) is 18.0 Å². The van der Waals surface area contributed by atoms with Crippen LogP contribution in [-0.4, -0.2) is 16.1 Å². The number of nitrogens with zero attached hydrogens (tertiary/aromatic N) is 1. The van der Waals surface area contributed by atoms with Crippen LogP contribution in [0.1, 0.15) is 27.2 Å². The Balaban J connectivity index is 2.12. The molecule has 106 valence electrons. The summed E-state index contributed by atoms with van der Waals surface area (Å²) in [5, 5.41) is 8.74. The fourth-order valence-electron chi connectivity index (χ4n) is 1.80. The zero-order valence-corrected chi connectivity index (χ0v) is 10.6. The summed E-state index contributed by atoms with van der Waals surface area (Å²) < 4.78 is 38.3. The fourth-order valence-corrected chi connectivity index (χ4v) is 1.80. The fraction of sp³-hybridized carbons (Fsp3) is 0.231. The van der Waals surface area contributed by atoms with Gasteiger partial charge in [-0.15, -0.1) is 0 Å². The van der Waals surface area contributed by atoms with E-state index < -0.39 is 17.6 Å². The van der Waals surface area contributed by atoms with Crippen molar-refractivity contribution in [2.45, 2.75) is 19.6 Å². The van der Waals surface area contributed by atoms with E-state index in [4.69, 9.17) is 0 Å². The van der Waals surface area contributed by atoms with Gasteiger partial charge in [0.15, 0.2) is 0 Å². The Hall–Kier alpha value is -2.31. The van der Waals surface area contributed by atoms with Crippen molar-refractivity contribution in [3.63, 3.8) is 0 Å². The van der Waals surface area contributed by atoms with Crippen LogP contribution in [0.5, 0.6) is 0 Å². The van der Waals surface area contributed by atoms with Gasteiger partial charge in [-0.3, -0.25) is 9.89 Å². The monoisotopic (exact) mass is 283 g/mol. The van der Waals surface area contributed by atoms with Crippen LogP contribution in [0.3, 0.4) is 0 Å². The SMILES string of the molecule is Cc1[nH]ncc1C(=O)NCc1ccccc1C(F)(F)F. The van der Waals surface area contributed by atoms with Gasteiger partial charge in [-0.05, 0) is 18.6 Å². The molecule has 0 unspecified atom stereocenters. The number of rotatable bonds is 3. The Kier molecular flexibility index (Phi) is 3.78. The molecule has 0 fully saturated rings. The normalized spacial score (nSPS) is 11.4. The van der Waals surface area contributed by atoms with Gasteiger partial charge in [-0.1, -0.05) is 18.2 Å². The number of amides is 1. The number of aryl methyl sites for hydroxylation is 1. The van der Waals surface area contributed by atoms with Crippen LogP contribution >= 0.6 is 0 Å². The number of halogens is 3. The van der Waals surface area contributed by atoms with Crippen molar-refractivity contribution >= 4 is 5.91 Å². The lowest BCUT2D eigenvalue weighted by Crippen LogP contribution is -2.24. The van der Waals surface area contributed by atoms with Crippen molar-refractivity contribution in [2.24, 2.45) is 0 Å². The Morgan fingerprint density at radius 3 is 2.65 bits per heavy atom. The highest BCUT2D eigenvalue weighted by molar-refractivity contribution is 5.94. The van der Waals surface area contributed by atoms with Gasteiger partial charge in [0.25, 0.3) is 5.91 Å². The Bertz CT molecular complexity index is 619. The summed E-state index contributed by atoms with van der Waals surface area (Å²) in [6.45, 7) is 1.46. The number of H-pyrrole nitrogens is 1. The van der Waals surface area contributed by atoms with Gasteiger partial charge < -0.3 is 5.32 Å². The van der Waals surface area contributed by atoms with E-state index in [1.54, 1.807) is 6.92 Å². The highest BCUT2D eigenvalue weighted by Gasteiger charge is 2.32. The molecular formula is C13H12F3N3O. The number of alkyl halides is 3. The second-order valence-electron chi connectivity index (χ2n) is 4.25. The lowest BCUT2D eigenvalue weighted by atomic mass is 10.1. The highest BCUT2D eigenvalue weighted by Crippen LogP contribution is 2.31. The maximum absolute atomic E-state index is 12.8. The lowest BCUT2D eigenvalue weighted by Gasteiger charge is -2.13. The van der Waals surface area contributed by atoms with Crippen LogP contribution in [0.25, 0.3) is 0 Å². The Morgan fingerprint density at radius 1 is 1.35 bits per heavy atom. The van der Waals surface area contributed by atoms with Crippen molar-refractivity contribution in [2.75, 3.05) is 0 Å². The molecule has 20 heavy (non-hydrogen) atoms.